The van der Waals surface area contributed by atoms with Gasteiger partial charge in [-0.1, -0.05) is 12.1 Å². The molecular formula is C12H10N2OS. The van der Waals surface area contributed by atoms with Crippen LogP contribution in [0.3, 0.4) is 0 Å². The molecule has 3 heterocycles. The Kier molecular flexibility index (Phi) is 2.42. The van der Waals surface area contributed by atoms with Crippen molar-refractivity contribution >= 4 is 17.2 Å². The fourth-order valence-corrected chi connectivity index (χ4v) is 2.31. The molecule has 0 radical (unpaired) electrons. The van der Waals surface area contributed by atoms with Gasteiger partial charge in [0.15, 0.2) is 6.10 Å². The molecule has 0 aromatic carbocycles. The van der Waals surface area contributed by atoms with Crippen LogP contribution in [0.5, 0.6) is 0 Å². The van der Waals surface area contributed by atoms with Crippen LogP contribution in [-0.4, -0.2) is 17.4 Å². The SMILES string of the molecule is c1ccc(C2CN=C(c3cccs3)O2)nc1. The lowest BCUT2D eigenvalue weighted by atomic mass is 10.2. The van der Waals surface area contributed by atoms with Crippen LogP contribution in [0.4, 0.5) is 0 Å². The number of hydrogen-bond acceptors (Lipinski definition) is 4. The third-order valence-corrected chi connectivity index (χ3v) is 3.26. The van der Waals surface area contributed by atoms with E-state index in [9.17, 15) is 0 Å². The van der Waals surface area contributed by atoms with E-state index in [0.717, 1.165) is 16.5 Å². The molecular weight excluding hydrogens is 220 g/mol. The molecule has 2 aromatic rings. The molecule has 1 aliphatic rings. The first-order valence-corrected chi connectivity index (χ1v) is 5.97. The molecule has 0 N–H and O–H groups in total. The Balaban J connectivity index is 1.78. The van der Waals surface area contributed by atoms with Crippen molar-refractivity contribution in [3.05, 3.63) is 52.5 Å². The Labute approximate surface area is 97.4 Å². The number of rotatable bonds is 2. The van der Waals surface area contributed by atoms with Crippen molar-refractivity contribution in [1.82, 2.24) is 4.98 Å². The first kappa shape index (κ1) is 9.54. The Morgan fingerprint density at radius 1 is 1.25 bits per heavy atom. The van der Waals surface area contributed by atoms with E-state index in [1.807, 2.05) is 35.7 Å². The number of aliphatic imine (C=N–C) groups is 1. The predicted molar refractivity (Wildman–Crippen MR) is 63.8 cm³/mol. The molecule has 3 rings (SSSR count). The predicted octanol–water partition coefficient (Wildman–Crippen LogP) is 2.66. The van der Waals surface area contributed by atoms with Gasteiger partial charge in [0.2, 0.25) is 5.90 Å². The Hall–Kier alpha value is -1.68. The zero-order chi connectivity index (χ0) is 10.8. The standard InChI is InChI=1S/C12H10N2OS/c1-2-6-13-9(4-1)10-8-14-12(15-10)11-5-3-7-16-11/h1-7,10H,8H2. The zero-order valence-corrected chi connectivity index (χ0v) is 9.35. The zero-order valence-electron chi connectivity index (χ0n) is 8.54. The number of aromatic nitrogens is 1. The summed E-state index contributed by atoms with van der Waals surface area (Å²) in [6.45, 7) is 0.657. The fourth-order valence-electron chi connectivity index (χ4n) is 1.63. The van der Waals surface area contributed by atoms with Crippen molar-refractivity contribution in [2.45, 2.75) is 6.10 Å². The molecule has 0 fully saturated rings. The second kappa shape index (κ2) is 4.06. The van der Waals surface area contributed by atoms with Gasteiger partial charge in [-0.2, -0.15) is 0 Å². The molecule has 2 aromatic heterocycles. The van der Waals surface area contributed by atoms with E-state index in [-0.39, 0.29) is 6.10 Å². The smallest absolute Gasteiger partial charge is 0.227 e. The normalized spacial score (nSPS) is 19.2. The van der Waals surface area contributed by atoms with E-state index in [2.05, 4.69) is 9.98 Å². The maximum Gasteiger partial charge on any atom is 0.227 e. The summed E-state index contributed by atoms with van der Waals surface area (Å²) in [4.78, 5) is 9.76. The van der Waals surface area contributed by atoms with Crippen molar-refractivity contribution in [2.75, 3.05) is 6.54 Å². The number of pyridine rings is 1. The van der Waals surface area contributed by atoms with Crippen LogP contribution >= 0.6 is 11.3 Å². The Morgan fingerprint density at radius 2 is 2.25 bits per heavy atom. The van der Waals surface area contributed by atoms with Gasteiger partial charge >= 0.3 is 0 Å². The molecule has 0 amide bonds. The highest BCUT2D eigenvalue weighted by atomic mass is 32.1. The van der Waals surface area contributed by atoms with Crippen LogP contribution < -0.4 is 0 Å². The summed E-state index contributed by atoms with van der Waals surface area (Å²) in [7, 11) is 0. The van der Waals surface area contributed by atoms with Gasteiger partial charge in [0.05, 0.1) is 17.1 Å². The second-order valence-electron chi connectivity index (χ2n) is 3.48. The molecule has 1 unspecified atom stereocenters. The van der Waals surface area contributed by atoms with Gasteiger partial charge in [0.1, 0.15) is 0 Å². The molecule has 16 heavy (non-hydrogen) atoms. The van der Waals surface area contributed by atoms with E-state index >= 15 is 0 Å². The third kappa shape index (κ3) is 1.72. The van der Waals surface area contributed by atoms with Crippen LogP contribution in [0, 0.1) is 0 Å². The first-order valence-electron chi connectivity index (χ1n) is 5.09. The quantitative estimate of drug-likeness (QED) is 0.795. The molecule has 80 valence electrons. The third-order valence-electron chi connectivity index (χ3n) is 2.40. The lowest BCUT2D eigenvalue weighted by Gasteiger charge is -2.09. The summed E-state index contributed by atoms with van der Waals surface area (Å²) < 4.78 is 5.79. The molecule has 1 aliphatic heterocycles. The molecule has 0 saturated carbocycles. The van der Waals surface area contributed by atoms with Gasteiger partial charge < -0.3 is 4.74 Å². The van der Waals surface area contributed by atoms with Crippen LogP contribution in [0.2, 0.25) is 0 Å². The van der Waals surface area contributed by atoms with Gasteiger partial charge in [-0.05, 0) is 23.6 Å². The van der Waals surface area contributed by atoms with Crippen LogP contribution in [0.15, 0.2) is 46.9 Å². The van der Waals surface area contributed by atoms with Crippen LogP contribution in [0.25, 0.3) is 0 Å². The Morgan fingerprint density at radius 3 is 3.00 bits per heavy atom. The highest BCUT2D eigenvalue weighted by Gasteiger charge is 2.23. The lowest BCUT2D eigenvalue weighted by molar-refractivity contribution is 0.225. The first-order chi connectivity index (χ1) is 7.93. The summed E-state index contributed by atoms with van der Waals surface area (Å²) in [5.41, 5.74) is 0.942. The monoisotopic (exact) mass is 230 g/mol. The second-order valence-corrected chi connectivity index (χ2v) is 4.43. The van der Waals surface area contributed by atoms with Gasteiger partial charge in [-0.3, -0.25) is 4.98 Å². The number of nitrogens with zero attached hydrogens (tertiary/aromatic N) is 2. The molecule has 1 atom stereocenters. The summed E-state index contributed by atoms with van der Waals surface area (Å²) >= 11 is 1.64. The average molecular weight is 230 g/mol. The van der Waals surface area contributed by atoms with Gasteiger partial charge in [-0.15, -0.1) is 11.3 Å². The van der Waals surface area contributed by atoms with Gasteiger partial charge in [-0.25, -0.2) is 4.99 Å². The molecule has 3 nitrogen and oxygen atoms in total. The molecule has 4 heteroatoms. The van der Waals surface area contributed by atoms with Gasteiger partial charge in [0.25, 0.3) is 0 Å². The Bertz CT molecular complexity index is 493. The molecule has 0 saturated heterocycles. The van der Waals surface area contributed by atoms with E-state index < -0.39 is 0 Å². The van der Waals surface area contributed by atoms with Gasteiger partial charge in [0, 0.05) is 6.20 Å². The van der Waals surface area contributed by atoms with Crippen LogP contribution in [-0.2, 0) is 4.74 Å². The van der Waals surface area contributed by atoms with Crippen molar-refractivity contribution in [1.29, 1.82) is 0 Å². The molecule has 0 bridgehead atoms. The number of thiophene rings is 1. The summed E-state index contributed by atoms with van der Waals surface area (Å²) in [5, 5.41) is 2.02. The highest BCUT2D eigenvalue weighted by molar-refractivity contribution is 7.12. The fraction of sp³-hybridized carbons (Fsp3) is 0.167. The van der Waals surface area contributed by atoms with Crippen LogP contribution in [0.1, 0.15) is 16.7 Å². The number of hydrogen-bond donors (Lipinski definition) is 0. The largest absolute Gasteiger partial charge is 0.465 e. The van der Waals surface area contributed by atoms with Crippen molar-refractivity contribution in [3.63, 3.8) is 0 Å². The topological polar surface area (TPSA) is 34.5 Å². The summed E-state index contributed by atoms with van der Waals surface area (Å²) in [5.74, 6) is 0.741. The van der Waals surface area contributed by atoms with E-state index in [1.165, 1.54) is 0 Å². The minimum atomic E-state index is -0.0294. The lowest BCUT2D eigenvalue weighted by Crippen LogP contribution is -2.06. The molecule has 0 spiro atoms. The summed E-state index contributed by atoms with van der Waals surface area (Å²) in [6.07, 6.45) is 1.75. The van der Waals surface area contributed by atoms with E-state index in [1.54, 1.807) is 17.5 Å². The molecule has 0 aliphatic carbocycles. The van der Waals surface area contributed by atoms with E-state index in [4.69, 9.17) is 4.74 Å². The maximum absolute atomic E-state index is 5.79. The van der Waals surface area contributed by atoms with Crippen molar-refractivity contribution in [2.24, 2.45) is 4.99 Å². The van der Waals surface area contributed by atoms with E-state index in [0.29, 0.717) is 6.54 Å². The van der Waals surface area contributed by atoms with Crippen molar-refractivity contribution < 1.29 is 4.74 Å². The minimum Gasteiger partial charge on any atom is -0.465 e. The number of ether oxygens (including phenoxy) is 1. The average Bonchev–Trinajstić information content (AvgIpc) is 3.01. The minimum absolute atomic E-state index is 0.0294. The van der Waals surface area contributed by atoms with Crippen molar-refractivity contribution in [3.8, 4) is 0 Å². The highest BCUT2D eigenvalue weighted by Crippen LogP contribution is 2.25. The summed E-state index contributed by atoms with van der Waals surface area (Å²) in [6, 6.07) is 9.86. The maximum atomic E-state index is 5.79.